The summed E-state index contributed by atoms with van der Waals surface area (Å²) in [7, 11) is 0. The van der Waals surface area contributed by atoms with Gasteiger partial charge in [0.2, 0.25) is 0 Å². The van der Waals surface area contributed by atoms with E-state index in [-0.39, 0.29) is 11.6 Å². The molecule has 0 bridgehead atoms. The molecule has 2 unspecified atom stereocenters. The molecular formula is C16H26O2. The number of hydrogen-bond donors (Lipinski definition) is 0. The lowest BCUT2D eigenvalue weighted by Crippen LogP contribution is -2.41. The van der Waals surface area contributed by atoms with Gasteiger partial charge in [0.1, 0.15) is 5.60 Å². The first-order chi connectivity index (χ1) is 8.60. The third kappa shape index (κ3) is 2.62. The molecule has 18 heavy (non-hydrogen) atoms. The summed E-state index contributed by atoms with van der Waals surface area (Å²) in [5.74, 6) is 1.05. The van der Waals surface area contributed by atoms with Gasteiger partial charge in [0.25, 0.3) is 0 Å². The lowest BCUT2D eigenvalue weighted by atomic mass is 9.82. The van der Waals surface area contributed by atoms with E-state index in [4.69, 9.17) is 4.74 Å². The summed E-state index contributed by atoms with van der Waals surface area (Å²) in [5.41, 5.74) is 0.404. The van der Waals surface area contributed by atoms with Gasteiger partial charge < -0.3 is 4.74 Å². The molecule has 2 nitrogen and oxygen atoms in total. The fourth-order valence-corrected chi connectivity index (χ4v) is 3.50. The Labute approximate surface area is 111 Å². The van der Waals surface area contributed by atoms with Crippen LogP contribution in [-0.4, -0.2) is 11.6 Å². The first-order valence-electron chi connectivity index (χ1n) is 7.49. The van der Waals surface area contributed by atoms with E-state index in [0.29, 0.717) is 17.4 Å². The van der Waals surface area contributed by atoms with Crippen LogP contribution in [0.1, 0.15) is 65.2 Å². The first-order valence-corrected chi connectivity index (χ1v) is 7.49. The Bertz CT molecular complexity index is 330. The van der Waals surface area contributed by atoms with Crippen LogP contribution in [0.5, 0.6) is 0 Å². The summed E-state index contributed by atoms with van der Waals surface area (Å²) in [6.07, 6.45) is 9.71. The van der Waals surface area contributed by atoms with Gasteiger partial charge in [-0.1, -0.05) is 26.3 Å². The Hall–Kier alpha value is -0.790. The molecule has 0 aromatic rings. The van der Waals surface area contributed by atoms with Crippen LogP contribution in [0.4, 0.5) is 0 Å². The number of hydrogen-bond acceptors (Lipinski definition) is 2. The van der Waals surface area contributed by atoms with Crippen LogP contribution in [0.2, 0.25) is 0 Å². The van der Waals surface area contributed by atoms with Gasteiger partial charge in [-0.05, 0) is 57.3 Å². The van der Waals surface area contributed by atoms with Crippen molar-refractivity contribution >= 4 is 5.97 Å². The van der Waals surface area contributed by atoms with Crippen LogP contribution in [0.3, 0.4) is 0 Å². The third-order valence-electron chi connectivity index (χ3n) is 4.62. The van der Waals surface area contributed by atoms with Crippen molar-refractivity contribution in [3.63, 3.8) is 0 Å². The number of rotatable bonds is 6. The van der Waals surface area contributed by atoms with Crippen molar-refractivity contribution < 1.29 is 9.53 Å². The Kier molecular flexibility index (Phi) is 4.14. The zero-order chi connectivity index (χ0) is 13.2. The van der Waals surface area contributed by atoms with Crippen molar-refractivity contribution in [3.05, 3.63) is 12.2 Å². The summed E-state index contributed by atoms with van der Waals surface area (Å²) in [4.78, 5) is 11.9. The van der Waals surface area contributed by atoms with Crippen molar-refractivity contribution in [2.75, 3.05) is 0 Å². The molecule has 0 N–H and O–H groups in total. The standard InChI is InChI=1S/C16H26O2/c1-4-5-7-13-8-6-11-16(13,14-9-10-14)18-15(17)12(2)3/h13-14H,2,4-11H2,1,3H3. The second-order valence-electron chi connectivity index (χ2n) is 6.13. The molecule has 2 heteroatoms. The molecule has 0 heterocycles. The molecule has 0 aromatic heterocycles. The average Bonchev–Trinajstić information content (AvgIpc) is 3.11. The molecule has 0 radical (unpaired) electrons. The maximum Gasteiger partial charge on any atom is 0.333 e. The van der Waals surface area contributed by atoms with E-state index in [1.807, 2.05) is 0 Å². The van der Waals surface area contributed by atoms with Crippen LogP contribution in [0, 0.1) is 11.8 Å². The van der Waals surface area contributed by atoms with Crippen LogP contribution >= 0.6 is 0 Å². The van der Waals surface area contributed by atoms with E-state index in [9.17, 15) is 4.79 Å². The van der Waals surface area contributed by atoms with Gasteiger partial charge in [-0.25, -0.2) is 4.79 Å². The van der Waals surface area contributed by atoms with Gasteiger partial charge in [0.15, 0.2) is 0 Å². The van der Waals surface area contributed by atoms with E-state index in [1.165, 1.54) is 44.9 Å². The largest absolute Gasteiger partial charge is 0.455 e. The van der Waals surface area contributed by atoms with Gasteiger partial charge in [-0.3, -0.25) is 0 Å². The van der Waals surface area contributed by atoms with E-state index in [2.05, 4.69) is 13.5 Å². The highest BCUT2D eigenvalue weighted by Crippen LogP contribution is 2.55. The molecule has 102 valence electrons. The van der Waals surface area contributed by atoms with Gasteiger partial charge in [0, 0.05) is 5.57 Å². The minimum atomic E-state index is -0.176. The van der Waals surface area contributed by atoms with E-state index < -0.39 is 0 Å². The predicted octanol–water partition coefficient (Wildman–Crippen LogP) is 4.24. The molecular weight excluding hydrogens is 224 g/mol. The summed E-state index contributed by atoms with van der Waals surface area (Å²) in [6.45, 7) is 7.70. The topological polar surface area (TPSA) is 26.3 Å². The van der Waals surface area contributed by atoms with Crippen molar-refractivity contribution in [1.82, 2.24) is 0 Å². The Morgan fingerprint density at radius 3 is 2.67 bits per heavy atom. The first kappa shape index (κ1) is 13.6. The summed E-state index contributed by atoms with van der Waals surface area (Å²) < 4.78 is 5.96. The molecule has 2 rings (SSSR count). The number of esters is 1. The Balaban J connectivity index is 2.09. The Morgan fingerprint density at radius 1 is 1.39 bits per heavy atom. The quantitative estimate of drug-likeness (QED) is 0.520. The van der Waals surface area contributed by atoms with Crippen molar-refractivity contribution in [1.29, 1.82) is 0 Å². The molecule has 2 saturated carbocycles. The molecule has 2 fully saturated rings. The second kappa shape index (κ2) is 5.46. The number of carbonyl (C=O) groups excluding carboxylic acids is 1. The normalized spacial score (nSPS) is 31.3. The zero-order valence-corrected chi connectivity index (χ0v) is 11.8. The maximum atomic E-state index is 11.9. The molecule has 0 spiro atoms. The third-order valence-corrected chi connectivity index (χ3v) is 4.62. The van der Waals surface area contributed by atoms with Gasteiger partial charge in [-0.15, -0.1) is 0 Å². The Morgan fingerprint density at radius 2 is 2.11 bits per heavy atom. The van der Waals surface area contributed by atoms with Gasteiger partial charge >= 0.3 is 5.97 Å². The molecule has 0 aromatic carbocycles. The van der Waals surface area contributed by atoms with Gasteiger partial charge in [-0.2, -0.15) is 0 Å². The smallest absolute Gasteiger partial charge is 0.333 e. The summed E-state index contributed by atoms with van der Waals surface area (Å²) >= 11 is 0. The minimum absolute atomic E-state index is 0.134. The van der Waals surface area contributed by atoms with Crippen LogP contribution in [0.25, 0.3) is 0 Å². The predicted molar refractivity (Wildman–Crippen MR) is 73.2 cm³/mol. The van der Waals surface area contributed by atoms with Crippen molar-refractivity contribution in [3.8, 4) is 0 Å². The van der Waals surface area contributed by atoms with Crippen LogP contribution < -0.4 is 0 Å². The fraction of sp³-hybridized carbons (Fsp3) is 0.812. The zero-order valence-electron chi connectivity index (χ0n) is 11.8. The van der Waals surface area contributed by atoms with Gasteiger partial charge in [0.05, 0.1) is 0 Å². The highest BCUT2D eigenvalue weighted by molar-refractivity contribution is 5.87. The van der Waals surface area contributed by atoms with Crippen molar-refractivity contribution in [2.45, 2.75) is 70.8 Å². The number of unbranched alkanes of at least 4 members (excludes halogenated alkanes) is 1. The molecule has 0 aliphatic heterocycles. The second-order valence-corrected chi connectivity index (χ2v) is 6.13. The minimum Gasteiger partial charge on any atom is -0.455 e. The monoisotopic (exact) mass is 250 g/mol. The molecule has 0 amide bonds. The van der Waals surface area contributed by atoms with Crippen LogP contribution in [-0.2, 0) is 9.53 Å². The maximum absolute atomic E-state index is 11.9. The van der Waals surface area contributed by atoms with E-state index in [0.717, 1.165) is 6.42 Å². The number of carbonyl (C=O) groups is 1. The summed E-state index contributed by atoms with van der Waals surface area (Å²) in [5, 5.41) is 0. The van der Waals surface area contributed by atoms with E-state index >= 15 is 0 Å². The lowest BCUT2D eigenvalue weighted by molar-refractivity contribution is -0.162. The summed E-state index contributed by atoms with van der Waals surface area (Å²) in [6, 6.07) is 0. The average molecular weight is 250 g/mol. The number of ether oxygens (including phenoxy) is 1. The van der Waals surface area contributed by atoms with E-state index in [1.54, 1.807) is 6.92 Å². The molecule has 2 atom stereocenters. The van der Waals surface area contributed by atoms with Crippen LogP contribution in [0.15, 0.2) is 12.2 Å². The van der Waals surface area contributed by atoms with Crippen molar-refractivity contribution in [2.24, 2.45) is 11.8 Å². The highest BCUT2D eigenvalue weighted by Gasteiger charge is 2.55. The lowest BCUT2D eigenvalue weighted by Gasteiger charge is -2.36. The highest BCUT2D eigenvalue weighted by atomic mass is 16.6. The molecule has 2 aliphatic rings. The fourth-order valence-electron chi connectivity index (χ4n) is 3.50. The molecule has 2 aliphatic carbocycles. The SMILES string of the molecule is C=C(C)C(=O)OC1(C2CC2)CCCC1CCCC. The molecule has 0 saturated heterocycles.